The molecular formula is C22H26ClN3O2. The molecule has 2 aromatic heterocycles. The Hall–Kier alpha value is -2.27. The Morgan fingerprint density at radius 2 is 1.96 bits per heavy atom. The predicted octanol–water partition coefficient (Wildman–Crippen LogP) is 4.98. The maximum Gasteiger partial charge on any atom is 0.278 e. The lowest BCUT2D eigenvalue weighted by atomic mass is 10.1. The van der Waals surface area contributed by atoms with E-state index in [1.54, 1.807) is 17.7 Å². The number of hydrogen-bond acceptors (Lipinski definition) is 3. The van der Waals surface area contributed by atoms with E-state index in [0.29, 0.717) is 28.8 Å². The standard InChI is InChI=1S/C22H26ClN3O2/c1-12(2)16-9-14(4)26-20(16)22(27)25(11-15-6-7-15)21(24-26)17-8-13(3)19(28-5)10-18(17)23/h8-10,12,15H,6-7,11H2,1-5H3. The number of benzene rings is 1. The summed E-state index contributed by atoms with van der Waals surface area (Å²) in [5.41, 5.74) is 4.41. The van der Waals surface area contributed by atoms with Crippen molar-refractivity contribution in [3.8, 4) is 17.1 Å². The molecule has 28 heavy (non-hydrogen) atoms. The summed E-state index contributed by atoms with van der Waals surface area (Å²) in [6.07, 6.45) is 2.31. The van der Waals surface area contributed by atoms with Crippen LogP contribution >= 0.6 is 11.6 Å². The number of rotatable bonds is 5. The first-order valence-electron chi connectivity index (χ1n) is 9.79. The molecule has 2 heterocycles. The van der Waals surface area contributed by atoms with Gasteiger partial charge in [0.1, 0.15) is 11.3 Å². The normalized spacial score (nSPS) is 14.2. The van der Waals surface area contributed by atoms with Crippen molar-refractivity contribution in [1.82, 2.24) is 14.2 Å². The monoisotopic (exact) mass is 399 g/mol. The topological polar surface area (TPSA) is 48.5 Å². The molecule has 0 atom stereocenters. The van der Waals surface area contributed by atoms with Gasteiger partial charge in [0.25, 0.3) is 5.56 Å². The number of methoxy groups -OCH3 is 1. The van der Waals surface area contributed by atoms with Crippen LogP contribution in [0.3, 0.4) is 0 Å². The number of fused-ring (bicyclic) bond motifs is 1. The van der Waals surface area contributed by atoms with E-state index in [1.165, 1.54) is 0 Å². The molecule has 0 saturated heterocycles. The van der Waals surface area contributed by atoms with Crippen LogP contribution < -0.4 is 10.3 Å². The highest BCUT2D eigenvalue weighted by Gasteiger charge is 2.27. The molecule has 0 radical (unpaired) electrons. The Morgan fingerprint density at radius 3 is 2.57 bits per heavy atom. The molecule has 0 aliphatic heterocycles. The zero-order valence-corrected chi connectivity index (χ0v) is 17.8. The molecule has 6 heteroatoms. The average Bonchev–Trinajstić information content (AvgIpc) is 3.40. The minimum Gasteiger partial charge on any atom is -0.496 e. The quantitative estimate of drug-likeness (QED) is 0.608. The van der Waals surface area contributed by atoms with Crippen molar-refractivity contribution in [3.63, 3.8) is 0 Å². The van der Waals surface area contributed by atoms with Gasteiger partial charge in [0.15, 0.2) is 5.82 Å². The summed E-state index contributed by atoms with van der Waals surface area (Å²) in [7, 11) is 1.63. The fraction of sp³-hybridized carbons (Fsp3) is 0.455. The van der Waals surface area contributed by atoms with Crippen LogP contribution in [0, 0.1) is 19.8 Å². The molecule has 0 N–H and O–H groups in total. The van der Waals surface area contributed by atoms with Gasteiger partial charge in [-0.1, -0.05) is 25.4 Å². The van der Waals surface area contributed by atoms with Gasteiger partial charge in [0.2, 0.25) is 0 Å². The lowest BCUT2D eigenvalue weighted by Crippen LogP contribution is -2.27. The van der Waals surface area contributed by atoms with E-state index in [1.807, 2.05) is 24.5 Å². The summed E-state index contributed by atoms with van der Waals surface area (Å²) in [4.78, 5) is 13.6. The molecular weight excluding hydrogens is 374 g/mol. The first kappa shape index (κ1) is 19.1. The Bertz CT molecular complexity index is 1120. The highest BCUT2D eigenvalue weighted by atomic mass is 35.5. The lowest BCUT2D eigenvalue weighted by Gasteiger charge is -2.16. The molecule has 148 valence electrons. The summed E-state index contributed by atoms with van der Waals surface area (Å²) < 4.78 is 8.99. The third kappa shape index (κ3) is 3.12. The summed E-state index contributed by atoms with van der Waals surface area (Å²) >= 11 is 6.59. The zero-order valence-electron chi connectivity index (χ0n) is 17.0. The Kier molecular flexibility index (Phi) is 4.74. The molecule has 1 fully saturated rings. The van der Waals surface area contributed by atoms with Crippen LogP contribution in [0.1, 0.15) is 49.4 Å². The van der Waals surface area contributed by atoms with Gasteiger partial charge in [0, 0.05) is 17.8 Å². The van der Waals surface area contributed by atoms with Crippen LogP contribution in [-0.2, 0) is 6.54 Å². The van der Waals surface area contributed by atoms with E-state index in [2.05, 4.69) is 19.9 Å². The van der Waals surface area contributed by atoms with Gasteiger partial charge in [-0.3, -0.25) is 9.36 Å². The molecule has 5 nitrogen and oxygen atoms in total. The average molecular weight is 400 g/mol. The molecule has 1 aromatic carbocycles. The molecule has 3 aromatic rings. The fourth-order valence-corrected chi connectivity index (χ4v) is 4.03. The number of aryl methyl sites for hydroxylation is 2. The van der Waals surface area contributed by atoms with Crippen molar-refractivity contribution >= 4 is 17.1 Å². The van der Waals surface area contributed by atoms with E-state index in [9.17, 15) is 4.79 Å². The van der Waals surface area contributed by atoms with Crippen LogP contribution in [0.25, 0.3) is 16.9 Å². The molecule has 0 spiro atoms. The van der Waals surface area contributed by atoms with Gasteiger partial charge in [-0.25, -0.2) is 4.52 Å². The van der Waals surface area contributed by atoms with E-state index < -0.39 is 0 Å². The Morgan fingerprint density at radius 1 is 1.25 bits per heavy atom. The summed E-state index contributed by atoms with van der Waals surface area (Å²) in [6, 6.07) is 5.83. The van der Waals surface area contributed by atoms with Gasteiger partial charge >= 0.3 is 0 Å². The molecule has 1 aliphatic carbocycles. The molecule has 4 rings (SSSR count). The van der Waals surface area contributed by atoms with E-state index in [0.717, 1.165) is 41.0 Å². The van der Waals surface area contributed by atoms with Crippen LogP contribution in [-0.4, -0.2) is 21.3 Å². The number of hydrogen-bond donors (Lipinski definition) is 0. The first-order chi connectivity index (χ1) is 13.3. The van der Waals surface area contributed by atoms with Gasteiger partial charge in [-0.15, -0.1) is 5.10 Å². The minimum absolute atomic E-state index is 0.0123. The Labute approximate surface area is 169 Å². The summed E-state index contributed by atoms with van der Waals surface area (Å²) in [5, 5.41) is 5.44. The molecule has 0 unspecified atom stereocenters. The third-order valence-electron chi connectivity index (χ3n) is 5.57. The van der Waals surface area contributed by atoms with Crippen LogP contribution in [0.2, 0.25) is 5.02 Å². The largest absolute Gasteiger partial charge is 0.496 e. The fourth-order valence-electron chi connectivity index (χ4n) is 3.79. The Balaban J connectivity index is 2.04. The van der Waals surface area contributed by atoms with E-state index in [4.69, 9.17) is 21.4 Å². The number of nitrogens with zero attached hydrogens (tertiary/aromatic N) is 3. The van der Waals surface area contributed by atoms with Gasteiger partial charge in [-0.05, 0) is 67.9 Å². The zero-order chi connectivity index (χ0) is 20.2. The molecule has 0 amide bonds. The van der Waals surface area contributed by atoms with Crippen LogP contribution in [0.4, 0.5) is 0 Å². The second-order valence-corrected chi connectivity index (χ2v) is 8.55. The summed E-state index contributed by atoms with van der Waals surface area (Å²) in [5.74, 6) is 2.14. The van der Waals surface area contributed by atoms with Crippen molar-refractivity contribution in [1.29, 1.82) is 0 Å². The minimum atomic E-state index is 0.0123. The van der Waals surface area contributed by atoms with Gasteiger partial charge < -0.3 is 4.74 Å². The van der Waals surface area contributed by atoms with Gasteiger partial charge in [0.05, 0.1) is 12.1 Å². The van der Waals surface area contributed by atoms with Crippen molar-refractivity contribution in [2.75, 3.05) is 7.11 Å². The highest BCUT2D eigenvalue weighted by Crippen LogP contribution is 2.36. The van der Waals surface area contributed by atoms with E-state index >= 15 is 0 Å². The molecule has 1 aliphatic rings. The lowest BCUT2D eigenvalue weighted by molar-refractivity contribution is 0.412. The van der Waals surface area contributed by atoms with E-state index in [-0.39, 0.29) is 11.5 Å². The highest BCUT2D eigenvalue weighted by molar-refractivity contribution is 6.33. The second-order valence-electron chi connectivity index (χ2n) is 8.14. The maximum atomic E-state index is 13.6. The SMILES string of the molecule is COc1cc(Cl)c(-c2nn3c(C)cc(C(C)C)c3c(=O)n2CC2CC2)cc1C. The third-order valence-corrected chi connectivity index (χ3v) is 5.88. The van der Waals surface area contributed by atoms with Crippen molar-refractivity contribution in [3.05, 3.63) is 50.4 Å². The molecule has 1 saturated carbocycles. The van der Waals surface area contributed by atoms with Crippen molar-refractivity contribution in [2.24, 2.45) is 5.92 Å². The predicted molar refractivity (Wildman–Crippen MR) is 113 cm³/mol. The number of halogens is 1. The first-order valence-corrected chi connectivity index (χ1v) is 10.2. The number of ether oxygens (including phenoxy) is 1. The number of aromatic nitrogens is 3. The molecule has 0 bridgehead atoms. The van der Waals surface area contributed by atoms with Gasteiger partial charge in [-0.2, -0.15) is 0 Å². The van der Waals surface area contributed by atoms with Crippen LogP contribution in [0.15, 0.2) is 23.0 Å². The van der Waals surface area contributed by atoms with Crippen molar-refractivity contribution in [2.45, 2.75) is 53.0 Å². The second kappa shape index (κ2) is 6.96. The summed E-state index contributed by atoms with van der Waals surface area (Å²) in [6.45, 7) is 8.86. The maximum absolute atomic E-state index is 13.6. The smallest absolute Gasteiger partial charge is 0.278 e. The van der Waals surface area contributed by atoms with Crippen molar-refractivity contribution < 1.29 is 4.74 Å². The van der Waals surface area contributed by atoms with Crippen LogP contribution in [0.5, 0.6) is 5.75 Å².